The highest BCUT2D eigenvalue weighted by atomic mass is 32.1. The molecule has 1 atom stereocenters. The Labute approximate surface area is 161 Å². The van der Waals surface area contributed by atoms with Crippen molar-refractivity contribution >= 4 is 39.3 Å². The molecule has 0 unspecified atom stereocenters. The van der Waals surface area contributed by atoms with Gasteiger partial charge in [0.2, 0.25) is 11.8 Å². The molecule has 140 valence electrons. The van der Waals surface area contributed by atoms with Crippen LogP contribution in [-0.4, -0.2) is 34.3 Å². The molecule has 1 aromatic carbocycles. The Bertz CT molecular complexity index is 993. The van der Waals surface area contributed by atoms with Crippen LogP contribution in [0.3, 0.4) is 0 Å². The van der Waals surface area contributed by atoms with Crippen molar-refractivity contribution in [2.45, 2.75) is 39.2 Å². The summed E-state index contributed by atoms with van der Waals surface area (Å²) in [4.78, 5) is 31.2. The Morgan fingerprint density at radius 2 is 2.15 bits per heavy atom. The van der Waals surface area contributed by atoms with E-state index in [2.05, 4.69) is 16.4 Å². The van der Waals surface area contributed by atoms with E-state index in [9.17, 15) is 9.59 Å². The highest BCUT2D eigenvalue weighted by molar-refractivity contribution is 7.13. The number of nitrogens with zero attached hydrogens (tertiary/aromatic N) is 2. The van der Waals surface area contributed by atoms with E-state index in [1.165, 1.54) is 16.9 Å². The summed E-state index contributed by atoms with van der Waals surface area (Å²) >= 11 is 1.37. The lowest BCUT2D eigenvalue weighted by Gasteiger charge is -2.23. The molecule has 1 aliphatic heterocycles. The average Bonchev–Trinajstić information content (AvgIpc) is 3.37. The molecule has 3 heterocycles. The minimum atomic E-state index is -0.441. The second kappa shape index (κ2) is 7.15. The van der Waals surface area contributed by atoms with Crippen molar-refractivity contribution in [3.05, 3.63) is 46.7 Å². The second-order valence-corrected chi connectivity index (χ2v) is 7.84. The van der Waals surface area contributed by atoms with Crippen molar-refractivity contribution < 1.29 is 14.0 Å². The van der Waals surface area contributed by atoms with Crippen LogP contribution in [0.2, 0.25) is 0 Å². The van der Waals surface area contributed by atoms with Gasteiger partial charge in [-0.25, -0.2) is 4.98 Å². The third-order valence-electron chi connectivity index (χ3n) is 5.15. The molecule has 1 N–H and O–H groups in total. The van der Waals surface area contributed by atoms with Crippen LogP contribution in [0.1, 0.15) is 29.5 Å². The third-order valence-corrected chi connectivity index (χ3v) is 5.84. The number of anilines is 1. The first-order chi connectivity index (χ1) is 13.0. The zero-order valence-corrected chi connectivity index (χ0v) is 16.1. The van der Waals surface area contributed by atoms with Crippen LogP contribution < -0.4 is 5.32 Å². The summed E-state index contributed by atoms with van der Waals surface area (Å²) in [6.45, 7) is 4.69. The number of amides is 2. The van der Waals surface area contributed by atoms with Gasteiger partial charge in [-0.3, -0.25) is 9.59 Å². The predicted molar refractivity (Wildman–Crippen MR) is 105 cm³/mol. The Kier molecular flexibility index (Phi) is 4.70. The van der Waals surface area contributed by atoms with E-state index in [1.54, 1.807) is 22.7 Å². The fourth-order valence-corrected chi connectivity index (χ4v) is 4.08. The van der Waals surface area contributed by atoms with Crippen molar-refractivity contribution in [2.75, 3.05) is 11.9 Å². The van der Waals surface area contributed by atoms with Gasteiger partial charge < -0.3 is 14.6 Å². The lowest BCUT2D eigenvalue weighted by atomic mass is 10.0. The molecule has 2 amide bonds. The minimum absolute atomic E-state index is 0.0484. The van der Waals surface area contributed by atoms with Crippen LogP contribution in [0.4, 0.5) is 5.13 Å². The maximum atomic E-state index is 12.9. The second-order valence-electron chi connectivity index (χ2n) is 6.94. The van der Waals surface area contributed by atoms with E-state index in [-0.39, 0.29) is 18.2 Å². The monoisotopic (exact) mass is 383 g/mol. The van der Waals surface area contributed by atoms with Gasteiger partial charge in [-0.15, -0.1) is 11.3 Å². The lowest BCUT2D eigenvalue weighted by Crippen LogP contribution is -2.43. The molecule has 27 heavy (non-hydrogen) atoms. The Morgan fingerprint density at radius 3 is 2.93 bits per heavy atom. The summed E-state index contributed by atoms with van der Waals surface area (Å²) in [7, 11) is 0. The van der Waals surface area contributed by atoms with Gasteiger partial charge in [-0.05, 0) is 49.9 Å². The number of nitrogens with one attached hydrogen (secondary N) is 1. The molecule has 0 bridgehead atoms. The van der Waals surface area contributed by atoms with Crippen molar-refractivity contribution in [3.8, 4) is 0 Å². The Balaban J connectivity index is 1.50. The Morgan fingerprint density at radius 1 is 1.33 bits per heavy atom. The van der Waals surface area contributed by atoms with Crippen LogP contribution in [0.5, 0.6) is 0 Å². The molecule has 6 nitrogen and oxygen atoms in total. The number of thiazole rings is 1. The number of fused-ring (bicyclic) bond motifs is 1. The minimum Gasteiger partial charge on any atom is -0.464 e. The van der Waals surface area contributed by atoms with Crippen molar-refractivity contribution in [2.24, 2.45) is 0 Å². The number of likely N-dealkylation sites (tertiary alicyclic amines) is 1. The molecule has 3 aromatic rings. The van der Waals surface area contributed by atoms with E-state index < -0.39 is 6.04 Å². The SMILES string of the molecule is Cc1cc2occ(CC(=O)N3CCC[C@H]3C(=O)Nc3nccs3)c2cc1C. The van der Waals surface area contributed by atoms with Crippen molar-refractivity contribution in [1.82, 2.24) is 9.88 Å². The molecule has 1 fully saturated rings. The quantitative estimate of drug-likeness (QED) is 0.746. The lowest BCUT2D eigenvalue weighted by molar-refractivity contribution is -0.136. The highest BCUT2D eigenvalue weighted by Crippen LogP contribution is 2.27. The van der Waals surface area contributed by atoms with Gasteiger partial charge in [0.25, 0.3) is 0 Å². The van der Waals surface area contributed by atoms with Crippen LogP contribution in [0.25, 0.3) is 11.0 Å². The predicted octanol–water partition coefficient (Wildman–Crippen LogP) is 3.68. The van der Waals surface area contributed by atoms with Crippen LogP contribution in [-0.2, 0) is 16.0 Å². The summed E-state index contributed by atoms with van der Waals surface area (Å²) in [5, 5.41) is 6.14. The van der Waals surface area contributed by atoms with E-state index in [0.29, 0.717) is 18.1 Å². The number of hydrogen-bond donors (Lipinski definition) is 1. The third kappa shape index (κ3) is 3.47. The molecule has 0 radical (unpaired) electrons. The number of carbonyl (C=O) groups is 2. The first-order valence-corrected chi connectivity index (χ1v) is 9.88. The molecule has 1 saturated heterocycles. The van der Waals surface area contributed by atoms with Gasteiger partial charge in [-0.1, -0.05) is 0 Å². The molecular weight excluding hydrogens is 362 g/mol. The van der Waals surface area contributed by atoms with Crippen LogP contribution >= 0.6 is 11.3 Å². The standard InChI is InChI=1S/C20H21N3O3S/c1-12-8-15-14(11-26-17(15)9-13(12)2)10-18(24)23-6-3-4-16(23)19(25)22-20-21-5-7-27-20/h5,7-9,11,16H,3-4,6,10H2,1-2H3,(H,21,22,25)/t16-/m0/s1. The highest BCUT2D eigenvalue weighted by Gasteiger charge is 2.34. The van der Waals surface area contributed by atoms with Gasteiger partial charge in [0, 0.05) is 29.1 Å². The zero-order valence-electron chi connectivity index (χ0n) is 15.3. The number of benzene rings is 1. The van der Waals surface area contributed by atoms with Gasteiger partial charge >= 0.3 is 0 Å². The fourth-order valence-electron chi connectivity index (χ4n) is 3.55. The van der Waals surface area contributed by atoms with E-state index in [1.807, 2.05) is 19.9 Å². The van der Waals surface area contributed by atoms with Gasteiger partial charge in [-0.2, -0.15) is 0 Å². The molecule has 0 aliphatic carbocycles. The molecule has 1 aliphatic rings. The van der Waals surface area contributed by atoms with E-state index in [0.717, 1.165) is 28.5 Å². The first-order valence-electron chi connectivity index (χ1n) is 9.00. The summed E-state index contributed by atoms with van der Waals surface area (Å²) in [6.07, 6.45) is 5.03. The van der Waals surface area contributed by atoms with Crippen LogP contribution in [0, 0.1) is 13.8 Å². The van der Waals surface area contributed by atoms with Gasteiger partial charge in [0.1, 0.15) is 11.6 Å². The van der Waals surface area contributed by atoms with E-state index >= 15 is 0 Å². The molecular formula is C20H21N3O3S. The van der Waals surface area contributed by atoms with Gasteiger partial charge in [0.05, 0.1) is 12.7 Å². The zero-order chi connectivity index (χ0) is 19.0. The van der Waals surface area contributed by atoms with Gasteiger partial charge in [0.15, 0.2) is 5.13 Å². The Hall–Kier alpha value is -2.67. The van der Waals surface area contributed by atoms with E-state index in [4.69, 9.17) is 4.42 Å². The van der Waals surface area contributed by atoms with Crippen molar-refractivity contribution in [3.63, 3.8) is 0 Å². The fraction of sp³-hybridized carbons (Fsp3) is 0.350. The number of carbonyl (C=O) groups excluding carboxylic acids is 2. The number of aryl methyl sites for hydroxylation is 2. The molecule has 2 aromatic heterocycles. The normalized spacial score (nSPS) is 16.8. The summed E-state index contributed by atoms with van der Waals surface area (Å²) in [5.74, 6) is -0.216. The maximum Gasteiger partial charge on any atom is 0.248 e. The number of rotatable bonds is 4. The molecule has 0 saturated carbocycles. The summed E-state index contributed by atoms with van der Waals surface area (Å²) in [5.41, 5.74) is 3.98. The first kappa shape index (κ1) is 17.7. The molecule has 4 rings (SSSR count). The van der Waals surface area contributed by atoms with Crippen LogP contribution in [0.15, 0.2) is 34.4 Å². The summed E-state index contributed by atoms with van der Waals surface area (Å²) in [6, 6.07) is 3.62. The summed E-state index contributed by atoms with van der Waals surface area (Å²) < 4.78 is 5.64. The topological polar surface area (TPSA) is 75.4 Å². The number of hydrogen-bond acceptors (Lipinski definition) is 5. The maximum absolute atomic E-state index is 12.9. The molecule has 0 spiro atoms. The smallest absolute Gasteiger partial charge is 0.248 e. The number of furan rings is 1. The average molecular weight is 383 g/mol. The largest absolute Gasteiger partial charge is 0.464 e. The van der Waals surface area contributed by atoms with Crippen molar-refractivity contribution in [1.29, 1.82) is 0 Å². The molecule has 7 heteroatoms. The number of aromatic nitrogens is 1.